The highest BCUT2D eigenvalue weighted by molar-refractivity contribution is 5.28. The van der Waals surface area contributed by atoms with Crippen molar-refractivity contribution in [2.75, 3.05) is 0 Å². The summed E-state index contributed by atoms with van der Waals surface area (Å²) < 4.78 is 0. The molecule has 3 heteroatoms. The third kappa shape index (κ3) is 1.77. The average molecular weight is 215 g/mol. The first-order valence-corrected chi connectivity index (χ1v) is 5.94. The molecule has 0 aromatic heterocycles. The Balaban J connectivity index is 3.09. The van der Waals surface area contributed by atoms with Crippen LogP contribution in [0.2, 0.25) is 0 Å². The minimum Gasteiger partial charge on any atom is -0.198 e. The Morgan fingerprint density at radius 3 is 2.12 bits per heavy atom. The van der Waals surface area contributed by atoms with Crippen molar-refractivity contribution in [3.63, 3.8) is 0 Å². The molecule has 0 spiro atoms. The fraction of sp³-hybridized carbons (Fsp3) is 0.769. The van der Waals surface area contributed by atoms with E-state index in [-0.39, 0.29) is 0 Å². The van der Waals surface area contributed by atoms with Gasteiger partial charge in [0.15, 0.2) is 5.41 Å². The maximum atomic E-state index is 9.41. The minimum atomic E-state index is -1.07. The molecule has 0 N–H and O–H groups in total. The van der Waals surface area contributed by atoms with Gasteiger partial charge in [-0.2, -0.15) is 15.8 Å². The minimum absolute atomic E-state index is 0.553. The molecule has 0 heterocycles. The standard InChI is InChI=1S/C13H17N3/c1-2-3-6-12(9-14)7-4-5-8-13(12,10-15)11-16/h2-8H2,1H3. The molecule has 0 aliphatic heterocycles. The molecule has 16 heavy (non-hydrogen) atoms. The second-order valence-electron chi connectivity index (χ2n) is 4.63. The van der Waals surface area contributed by atoms with Gasteiger partial charge in [-0.1, -0.05) is 32.6 Å². The van der Waals surface area contributed by atoms with E-state index in [1.165, 1.54) is 0 Å². The molecule has 1 fully saturated rings. The van der Waals surface area contributed by atoms with Crippen molar-refractivity contribution >= 4 is 0 Å². The summed E-state index contributed by atoms with van der Waals surface area (Å²) in [5, 5.41) is 28.0. The molecular weight excluding hydrogens is 198 g/mol. The number of nitrogens with zero attached hydrogens (tertiary/aromatic N) is 3. The Hall–Kier alpha value is -1.53. The number of hydrogen-bond acceptors (Lipinski definition) is 3. The summed E-state index contributed by atoms with van der Waals surface area (Å²) in [6.07, 6.45) is 5.69. The lowest BCUT2D eigenvalue weighted by molar-refractivity contribution is 0.127. The summed E-state index contributed by atoms with van der Waals surface area (Å²) in [6.45, 7) is 2.06. The third-order valence-electron chi connectivity index (χ3n) is 3.78. The SMILES string of the molecule is CCCCC1(C#N)CCCCC1(C#N)C#N. The van der Waals surface area contributed by atoms with Gasteiger partial charge in [0.2, 0.25) is 0 Å². The zero-order valence-corrected chi connectivity index (χ0v) is 9.79. The van der Waals surface area contributed by atoms with E-state index < -0.39 is 10.8 Å². The van der Waals surface area contributed by atoms with Crippen LogP contribution in [0.5, 0.6) is 0 Å². The van der Waals surface area contributed by atoms with Gasteiger partial charge in [0.25, 0.3) is 0 Å². The number of rotatable bonds is 3. The zero-order chi connectivity index (χ0) is 12.1. The van der Waals surface area contributed by atoms with Crippen LogP contribution in [0.1, 0.15) is 51.9 Å². The zero-order valence-electron chi connectivity index (χ0n) is 9.79. The van der Waals surface area contributed by atoms with Gasteiger partial charge in [0, 0.05) is 0 Å². The molecule has 0 aromatic rings. The van der Waals surface area contributed by atoms with Crippen molar-refractivity contribution < 1.29 is 0 Å². The van der Waals surface area contributed by atoms with Crippen LogP contribution in [0.3, 0.4) is 0 Å². The summed E-state index contributed by atoms with van der Waals surface area (Å²) in [7, 11) is 0. The molecule has 0 bridgehead atoms. The molecule has 1 saturated carbocycles. The van der Waals surface area contributed by atoms with Crippen LogP contribution in [0.4, 0.5) is 0 Å². The quantitative estimate of drug-likeness (QED) is 0.725. The van der Waals surface area contributed by atoms with Gasteiger partial charge < -0.3 is 0 Å². The van der Waals surface area contributed by atoms with Crippen molar-refractivity contribution in [1.29, 1.82) is 15.8 Å². The van der Waals surface area contributed by atoms with E-state index in [4.69, 9.17) is 0 Å². The molecule has 1 rings (SSSR count). The molecule has 3 nitrogen and oxygen atoms in total. The van der Waals surface area contributed by atoms with Gasteiger partial charge in [-0.3, -0.25) is 0 Å². The van der Waals surface area contributed by atoms with E-state index in [1.54, 1.807) is 0 Å². The predicted octanol–water partition coefficient (Wildman–Crippen LogP) is 3.29. The molecule has 1 unspecified atom stereocenters. The normalized spacial score (nSPS) is 27.4. The van der Waals surface area contributed by atoms with Crippen molar-refractivity contribution in [3.8, 4) is 18.2 Å². The van der Waals surface area contributed by atoms with Crippen LogP contribution in [0.25, 0.3) is 0 Å². The number of hydrogen-bond donors (Lipinski definition) is 0. The maximum Gasteiger partial charge on any atom is 0.162 e. The van der Waals surface area contributed by atoms with E-state index in [9.17, 15) is 15.8 Å². The Bertz CT molecular complexity index is 352. The van der Waals surface area contributed by atoms with Crippen LogP contribution in [-0.4, -0.2) is 0 Å². The van der Waals surface area contributed by atoms with Crippen LogP contribution in [-0.2, 0) is 0 Å². The molecule has 1 atom stereocenters. The Morgan fingerprint density at radius 1 is 1.00 bits per heavy atom. The van der Waals surface area contributed by atoms with E-state index in [0.717, 1.165) is 25.7 Å². The largest absolute Gasteiger partial charge is 0.198 e. The van der Waals surface area contributed by atoms with E-state index in [0.29, 0.717) is 19.3 Å². The summed E-state index contributed by atoms with van der Waals surface area (Å²) in [5.41, 5.74) is -1.81. The van der Waals surface area contributed by atoms with Gasteiger partial charge in [-0.05, 0) is 19.3 Å². The highest BCUT2D eigenvalue weighted by Crippen LogP contribution is 2.52. The highest BCUT2D eigenvalue weighted by atomic mass is 14.6. The first kappa shape index (κ1) is 12.5. The summed E-state index contributed by atoms with van der Waals surface area (Å²) in [6, 6.07) is 6.57. The number of nitriles is 3. The van der Waals surface area contributed by atoms with Gasteiger partial charge >= 0.3 is 0 Å². The molecule has 0 amide bonds. The lowest BCUT2D eigenvalue weighted by atomic mass is 9.56. The van der Waals surface area contributed by atoms with Crippen molar-refractivity contribution in [3.05, 3.63) is 0 Å². The molecule has 1 aliphatic rings. The van der Waals surface area contributed by atoms with Crippen molar-refractivity contribution in [2.45, 2.75) is 51.9 Å². The first-order valence-electron chi connectivity index (χ1n) is 5.94. The monoisotopic (exact) mass is 215 g/mol. The Labute approximate surface area is 97.3 Å². The lowest BCUT2D eigenvalue weighted by Gasteiger charge is -2.40. The van der Waals surface area contributed by atoms with Gasteiger partial charge in [-0.25, -0.2) is 0 Å². The molecular formula is C13H17N3. The molecule has 0 radical (unpaired) electrons. The Kier molecular flexibility index (Phi) is 3.92. The lowest BCUT2D eigenvalue weighted by Crippen LogP contribution is -2.42. The molecule has 1 aliphatic carbocycles. The highest BCUT2D eigenvalue weighted by Gasteiger charge is 2.54. The molecule has 0 aromatic carbocycles. The second-order valence-corrected chi connectivity index (χ2v) is 4.63. The molecule has 84 valence electrons. The van der Waals surface area contributed by atoms with Gasteiger partial charge in [0.05, 0.1) is 23.6 Å². The van der Waals surface area contributed by atoms with E-state index >= 15 is 0 Å². The van der Waals surface area contributed by atoms with E-state index in [2.05, 4.69) is 25.1 Å². The summed E-state index contributed by atoms with van der Waals surface area (Å²) >= 11 is 0. The predicted molar refractivity (Wildman–Crippen MR) is 59.7 cm³/mol. The smallest absolute Gasteiger partial charge is 0.162 e. The van der Waals surface area contributed by atoms with Crippen LogP contribution in [0, 0.1) is 44.8 Å². The molecule has 0 saturated heterocycles. The third-order valence-corrected chi connectivity index (χ3v) is 3.78. The summed E-state index contributed by atoms with van der Waals surface area (Å²) in [4.78, 5) is 0. The van der Waals surface area contributed by atoms with Crippen LogP contribution in [0.15, 0.2) is 0 Å². The van der Waals surface area contributed by atoms with Crippen LogP contribution < -0.4 is 0 Å². The second kappa shape index (κ2) is 5.00. The van der Waals surface area contributed by atoms with Gasteiger partial charge in [-0.15, -0.1) is 0 Å². The number of unbranched alkanes of at least 4 members (excludes halogenated alkanes) is 1. The first-order chi connectivity index (χ1) is 7.70. The van der Waals surface area contributed by atoms with Crippen molar-refractivity contribution in [2.24, 2.45) is 10.8 Å². The van der Waals surface area contributed by atoms with Crippen molar-refractivity contribution in [1.82, 2.24) is 0 Å². The summed E-state index contributed by atoms with van der Waals surface area (Å²) in [5.74, 6) is 0. The Morgan fingerprint density at radius 2 is 1.62 bits per heavy atom. The van der Waals surface area contributed by atoms with E-state index in [1.807, 2.05) is 0 Å². The van der Waals surface area contributed by atoms with Crippen LogP contribution >= 0.6 is 0 Å². The average Bonchev–Trinajstić information content (AvgIpc) is 2.36. The fourth-order valence-electron chi connectivity index (χ4n) is 2.64. The maximum absolute atomic E-state index is 9.41. The topological polar surface area (TPSA) is 71.4 Å². The fourth-order valence-corrected chi connectivity index (χ4v) is 2.64. The van der Waals surface area contributed by atoms with Gasteiger partial charge in [0.1, 0.15) is 0 Å².